The highest BCUT2D eigenvalue weighted by atomic mass is 15.0. The van der Waals surface area contributed by atoms with Gasteiger partial charge in [-0.2, -0.15) is 0 Å². The van der Waals surface area contributed by atoms with Crippen molar-refractivity contribution in [1.29, 1.82) is 0 Å². The fourth-order valence-electron chi connectivity index (χ4n) is 6.63. The molecule has 0 atom stereocenters. The van der Waals surface area contributed by atoms with Crippen molar-refractivity contribution in [2.75, 3.05) is 0 Å². The summed E-state index contributed by atoms with van der Waals surface area (Å²) in [5.41, 5.74) is 12.6. The lowest BCUT2D eigenvalue weighted by molar-refractivity contribution is 1.07. The van der Waals surface area contributed by atoms with E-state index in [0.29, 0.717) is 17.5 Å². The van der Waals surface area contributed by atoms with Crippen LogP contribution in [0.5, 0.6) is 0 Å². The van der Waals surface area contributed by atoms with Crippen LogP contribution in [0.3, 0.4) is 0 Å². The third-order valence-electron chi connectivity index (χ3n) is 9.12. The predicted octanol–water partition coefficient (Wildman–Crippen LogP) is 10.9. The lowest BCUT2D eigenvalue weighted by Gasteiger charge is -2.13. The molecule has 6 heteroatoms. The predicted molar refractivity (Wildman–Crippen MR) is 209 cm³/mol. The maximum atomic E-state index is 5.14. The quantitative estimate of drug-likeness (QED) is 0.169. The number of benzene rings is 5. The van der Waals surface area contributed by atoms with Gasteiger partial charge in [0.2, 0.25) is 0 Å². The van der Waals surface area contributed by atoms with Gasteiger partial charge in [-0.05, 0) is 66.6 Å². The van der Waals surface area contributed by atoms with Gasteiger partial charge in [0, 0.05) is 45.3 Å². The molecule has 0 saturated carbocycles. The van der Waals surface area contributed by atoms with E-state index in [1.54, 1.807) is 0 Å². The lowest BCUT2D eigenvalue weighted by atomic mass is 9.95. The van der Waals surface area contributed by atoms with Crippen molar-refractivity contribution in [1.82, 2.24) is 29.3 Å². The first-order chi connectivity index (χ1) is 25.7. The maximum Gasteiger partial charge on any atom is 0.164 e. The van der Waals surface area contributed by atoms with Crippen LogP contribution in [0.25, 0.3) is 84.7 Å². The second kappa shape index (κ2) is 13.3. The average molecular weight is 669 g/mol. The van der Waals surface area contributed by atoms with E-state index in [9.17, 15) is 0 Å². The van der Waals surface area contributed by atoms with Crippen molar-refractivity contribution in [3.05, 3.63) is 182 Å². The van der Waals surface area contributed by atoms with Crippen LogP contribution in [0.2, 0.25) is 0 Å². The number of aryl methyl sites for hydroxylation is 1. The summed E-state index contributed by atoms with van der Waals surface area (Å²) in [7, 11) is 0. The molecular formula is C46H32N6. The first-order valence-corrected chi connectivity index (χ1v) is 17.3. The van der Waals surface area contributed by atoms with Gasteiger partial charge >= 0.3 is 0 Å². The summed E-state index contributed by atoms with van der Waals surface area (Å²) >= 11 is 0. The summed E-state index contributed by atoms with van der Waals surface area (Å²) in [6, 6.07) is 57.9. The Hall–Kier alpha value is -7.05. The molecule has 246 valence electrons. The van der Waals surface area contributed by atoms with Gasteiger partial charge in [-0.25, -0.2) is 19.9 Å². The number of rotatable bonds is 7. The Morgan fingerprint density at radius 1 is 0.365 bits per heavy atom. The molecule has 0 fully saturated rings. The number of pyridine rings is 2. The summed E-state index contributed by atoms with van der Waals surface area (Å²) in [6.07, 6.45) is 2.07. The largest absolute Gasteiger partial charge is 0.299 e. The number of hydrogen-bond acceptors (Lipinski definition) is 5. The van der Waals surface area contributed by atoms with Crippen molar-refractivity contribution < 1.29 is 0 Å². The Kier molecular flexibility index (Phi) is 7.95. The minimum absolute atomic E-state index is 0.589. The summed E-state index contributed by atoms with van der Waals surface area (Å²) in [5, 5.41) is 0. The lowest BCUT2D eigenvalue weighted by Crippen LogP contribution is -2.00. The molecule has 52 heavy (non-hydrogen) atoms. The molecule has 0 radical (unpaired) electrons. The zero-order valence-electron chi connectivity index (χ0n) is 28.4. The van der Waals surface area contributed by atoms with E-state index in [4.69, 9.17) is 24.9 Å². The van der Waals surface area contributed by atoms with Gasteiger partial charge in [0.15, 0.2) is 17.5 Å². The molecule has 0 saturated heterocycles. The van der Waals surface area contributed by atoms with E-state index < -0.39 is 0 Å². The number of aromatic nitrogens is 6. The van der Waals surface area contributed by atoms with Crippen molar-refractivity contribution in [2.24, 2.45) is 0 Å². The van der Waals surface area contributed by atoms with Crippen molar-refractivity contribution in [3.63, 3.8) is 0 Å². The van der Waals surface area contributed by atoms with Crippen LogP contribution in [0.1, 0.15) is 5.69 Å². The number of imidazole rings is 1. The van der Waals surface area contributed by atoms with Crippen LogP contribution >= 0.6 is 0 Å². The Bertz CT molecular complexity index is 2630. The summed E-state index contributed by atoms with van der Waals surface area (Å²) in [4.78, 5) is 25.1. The number of nitrogens with zero attached hydrogens (tertiary/aromatic N) is 6. The molecule has 0 aliphatic heterocycles. The van der Waals surface area contributed by atoms with Crippen LogP contribution in [0.4, 0.5) is 0 Å². The van der Waals surface area contributed by atoms with E-state index in [-0.39, 0.29) is 0 Å². The van der Waals surface area contributed by atoms with Crippen LogP contribution in [-0.2, 0) is 0 Å². The highest BCUT2D eigenvalue weighted by molar-refractivity contribution is 5.86. The zero-order valence-corrected chi connectivity index (χ0v) is 28.4. The van der Waals surface area contributed by atoms with Crippen molar-refractivity contribution in [2.45, 2.75) is 6.92 Å². The molecule has 0 bridgehead atoms. The molecule has 9 aromatic rings. The van der Waals surface area contributed by atoms with Gasteiger partial charge in [-0.3, -0.25) is 9.38 Å². The second-order valence-electron chi connectivity index (χ2n) is 12.7. The summed E-state index contributed by atoms with van der Waals surface area (Å²) < 4.78 is 2.16. The minimum atomic E-state index is 0.589. The number of hydrogen-bond donors (Lipinski definition) is 0. The summed E-state index contributed by atoms with van der Waals surface area (Å²) in [5.74, 6) is 1.83. The third-order valence-corrected chi connectivity index (χ3v) is 9.12. The monoisotopic (exact) mass is 668 g/mol. The Labute approximate surface area is 301 Å². The zero-order chi connectivity index (χ0) is 34.9. The molecule has 4 heterocycles. The third kappa shape index (κ3) is 6.03. The van der Waals surface area contributed by atoms with E-state index in [1.807, 2.05) is 110 Å². The molecule has 0 amide bonds. The van der Waals surface area contributed by atoms with E-state index in [1.165, 1.54) is 0 Å². The Balaban J connectivity index is 1.24. The second-order valence-corrected chi connectivity index (χ2v) is 12.7. The summed E-state index contributed by atoms with van der Waals surface area (Å²) in [6.45, 7) is 2.02. The fourth-order valence-corrected chi connectivity index (χ4v) is 6.63. The first-order valence-electron chi connectivity index (χ1n) is 17.3. The molecule has 4 aromatic heterocycles. The van der Waals surface area contributed by atoms with E-state index in [0.717, 1.165) is 72.9 Å². The van der Waals surface area contributed by atoms with Crippen molar-refractivity contribution in [3.8, 4) is 79.1 Å². The van der Waals surface area contributed by atoms with Crippen LogP contribution in [0, 0.1) is 6.92 Å². The molecule has 9 rings (SSSR count). The van der Waals surface area contributed by atoms with Gasteiger partial charge in [0.05, 0.1) is 17.1 Å². The molecule has 0 N–H and O–H groups in total. The average Bonchev–Trinajstić information content (AvgIpc) is 3.61. The maximum absolute atomic E-state index is 5.14. The van der Waals surface area contributed by atoms with Gasteiger partial charge < -0.3 is 0 Å². The smallest absolute Gasteiger partial charge is 0.164 e. The van der Waals surface area contributed by atoms with E-state index in [2.05, 4.69) is 77.3 Å². The molecule has 0 aliphatic rings. The van der Waals surface area contributed by atoms with Gasteiger partial charge in [0.25, 0.3) is 0 Å². The normalized spacial score (nSPS) is 11.2. The highest BCUT2D eigenvalue weighted by Gasteiger charge is 2.18. The molecule has 5 aromatic carbocycles. The van der Waals surface area contributed by atoms with Crippen molar-refractivity contribution >= 4 is 5.65 Å². The topological polar surface area (TPSA) is 68.9 Å². The van der Waals surface area contributed by atoms with Gasteiger partial charge in [-0.1, -0.05) is 121 Å². The van der Waals surface area contributed by atoms with Gasteiger partial charge in [0.1, 0.15) is 5.65 Å². The Morgan fingerprint density at radius 2 is 0.885 bits per heavy atom. The van der Waals surface area contributed by atoms with E-state index >= 15 is 0 Å². The SMILES string of the molecule is Cc1cccc(-c2cc(-c3cccc(-c4nc5ccccn5c4-c4ccccc4)c3)cc(-c3nc(-c4ccccc4)nc(-c4ccccc4)n3)c2)n1. The fraction of sp³-hybridized carbons (Fsp3) is 0.0217. The molecular weight excluding hydrogens is 637 g/mol. The number of fused-ring (bicyclic) bond motifs is 1. The molecule has 0 aliphatic carbocycles. The Morgan fingerprint density at radius 3 is 1.56 bits per heavy atom. The van der Waals surface area contributed by atoms with Crippen LogP contribution in [-0.4, -0.2) is 29.3 Å². The molecule has 6 nitrogen and oxygen atoms in total. The highest BCUT2D eigenvalue weighted by Crippen LogP contribution is 2.37. The standard InChI is InChI=1S/C46H32N6/c1-31-15-13-24-40(47-31)38-28-37(29-39(30-38)46-50-44(33-18-7-3-8-19-33)49-45(51-46)34-20-9-4-10-21-34)35-22-14-23-36(27-35)42-43(32-16-5-2-6-17-32)52-26-12-11-25-41(52)48-42/h2-30H,1H3. The molecule has 0 unspecified atom stereocenters. The van der Waals surface area contributed by atoms with Crippen LogP contribution < -0.4 is 0 Å². The first kappa shape index (κ1) is 31.0. The van der Waals surface area contributed by atoms with Crippen LogP contribution in [0.15, 0.2) is 176 Å². The molecule has 0 spiro atoms. The van der Waals surface area contributed by atoms with Gasteiger partial charge in [-0.15, -0.1) is 0 Å². The minimum Gasteiger partial charge on any atom is -0.299 e.